The van der Waals surface area contributed by atoms with Gasteiger partial charge in [0.25, 0.3) is 0 Å². The van der Waals surface area contributed by atoms with E-state index in [-0.39, 0.29) is 5.91 Å². The molecule has 7 heteroatoms. The molecule has 0 unspecified atom stereocenters. The summed E-state index contributed by atoms with van der Waals surface area (Å²) < 4.78 is 5.18. The number of aryl methyl sites for hydroxylation is 1. The molecule has 2 N–H and O–H groups in total. The van der Waals surface area contributed by atoms with Crippen molar-refractivity contribution < 1.29 is 9.53 Å². The summed E-state index contributed by atoms with van der Waals surface area (Å²) in [6.07, 6.45) is 3.40. The molecule has 1 amide bonds. The number of methoxy groups -OCH3 is 1. The maximum absolute atomic E-state index is 12.6. The number of anilines is 1. The van der Waals surface area contributed by atoms with Crippen LogP contribution in [0.15, 0.2) is 30.3 Å². The van der Waals surface area contributed by atoms with Crippen LogP contribution in [-0.4, -0.2) is 55.1 Å². The maximum Gasteiger partial charge on any atom is 0.222 e. The number of carbonyl (C=O) groups is 1. The van der Waals surface area contributed by atoms with E-state index in [2.05, 4.69) is 15.6 Å². The maximum atomic E-state index is 12.6. The van der Waals surface area contributed by atoms with Gasteiger partial charge in [-0.25, -0.2) is 9.97 Å². The van der Waals surface area contributed by atoms with Gasteiger partial charge in [0.1, 0.15) is 17.4 Å². The van der Waals surface area contributed by atoms with Crippen molar-refractivity contribution in [1.82, 2.24) is 20.2 Å². The minimum atomic E-state index is 0.103. The molecule has 0 saturated carbocycles. The summed E-state index contributed by atoms with van der Waals surface area (Å²) in [6.45, 7) is 2.44. The lowest BCUT2D eigenvalue weighted by molar-refractivity contribution is -0.130. The highest BCUT2D eigenvalue weighted by molar-refractivity contribution is 5.76. The first kappa shape index (κ1) is 21.0. The summed E-state index contributed by atoms with van der Waals surface area (Å²) >= 11 is 0. The highest BCUT2D eigenvalue weighted by atomic mass is 16.5. The number of piperidine rings is 1. The molecule has 7 nitrogen and oxygen atoms in total. The van der Waals surface area contributed by atoms with Crippen molar-refractivity contribution in [1.29, 1.82) is 0 Å². The fraction of sp³-hybridized carbons (Fsp3) is 0.500. The average molecular weight is 398 g/mol. The van der Waals surface area contributed by atoms with Crippen molar-refractivity contribution in [3.8, 4) is 5.75 Å². The van der Waals surface area contributed by atoms with Gasteiger partial charge in [-0.3, -0.25) is 4.79 Å². The monoisotopic (exact) mass is 397 g/mol. The SMILES string of the molecule is CNc1cc(CN(C)C(=O)CCc2ccc(OC)cc2)nc([C@@H]2CCCNC2)n1. The van der Waals surface area contributed by atoms with Gasteiger partial charge in [0, 0.05) is 39.0 Å². The minimum absolute atomic E-state index is 0.103. The second kappa shape index (κ2) is 10.2. The van der Waals surface area contributed by atoms with Crippen LogP contribution in [0.1, 0.15) is 42.3 Å². The van der Waals surface area contributed by atoms with E-state index < -0.39 is 0 Å². The highest BCUT2D eigenvalue weighted by Crippen LogP contribution is 2.22. The van der Waals surface area contributed by atoms with E-state index in [0.717, 1.165) is 54.6 Å². The second-order valence-corrected chi connectivity index (χ2v) is 7.49. The predicted molar refractivity (Wildman–Crippen MR) is 114 cm³/mol. The van der Waals surface area contributed by atoms with E-state index in [1.165, 1.54) is 0 Å². The van der Waals surface area contributed by atoms with Crippen LogP contribution in [0.25, 0.3) is 0 Å². The smallest absolute Gasteiger partial charge is 0.222 e. The Morgan fingerprint density at radius 3 is 2.76 bits per heavy atom. The van der Waals surface area contributed by atoms with Crippen molar-refractivity contribution >= 4 is 11.7 Å². The van der Waals surface area contributed by atoms with Crippen LogP contribution < -0.4 is 15.4 Å². The largest absolute Gasteiger partial charge is 0.497 e. The molecule has 156 valence electrons. The lowest BCUT2D eigenvalue weighted by Crippen LogP contribution is -2.30. The number of carbonyl (C=O) groups excluding carboxylic acids is 1. The van der Waals surface area contributed by atoms with E-state index in [1.807, 2.05) is 44.4 Å². The van der Waals surface area contributed by atoms with Gasteiger partial charge in [0.05, 0.1) is 19.3 Å². The summed E-state index contributed by atoms with van der Waals surface area (Å²) in [6, 6.07) is 9.77. The fourth-order valence-corrected chi connectivity index (χ4v) is 3.55. The number of amides is 1. The van der Waals surface area contributed by atoms with Crippen LogP contribution in [0.2, 0.25) is 0 Å². The van der Waals surface area contributed by atoms with Crippen molar-refractivity contribution in [3.63, 3.8) is 0 Å². The minimum Gasteiger partial charge on any atom is -0.497 e. The van der Waals surface area contributed by atoms with Gasteiger partial charge in [-0.05, 0) is 43.5 Å². The second-order valence-electron chi connectivity index (χ2n) is 7.49. The molecule has 3 rings (SSSR count). The Kier molecular flexibility index (Phi) is 7.41. The molecule has 29 heavy (non-hydrogen) atoms. The van der Waals surface area contributed by atoms with Gasteiger partial charge in [0.15, 0.2) is 0 Å². The zero-order valence-electron chi connectivity index (χ0n) is 17.6. The molecule has 0 radical (unpaired) electrons. The van der Waals surface area contributed by atoms with Crippen LogP contribution in [0.5, 0.6) is 5.75 Å². The molecule has 1 fully saturated rings. The van der Waals surface area contributed by atoms with Crippen molar-refractivity contribution in [2.45, 2.75) is 38.1 Å². The average Bonchev–Trinajstić information content (AvgIpc) is 2.78. The van der Waals surface area contributed by atoms with Crippen molar-refractivity contribution in [2.24, 2.45) is 0 Å². The number of nitrogens with zero attached hydrogens (tertiary/aromatic N) is 3. The standard InChI is InChI=1S/C22H31N5O2/c1-23-20-13-18(25-22(26-20)17-5-4-12-24-14-17)15-27(2)21(28)11-8-16-6-9-19(29-3)10-7-16/h6-7,9-10,13,17,24H,4-5,8,11-12,14-15H2,1-3H3,(H,23,25,26)/t17-/m1/s1. The van der Waals surface area contributed by atoms with Crippen molar-refractivity contribution in [2.75, 3.05) is 39.6 Å². The number of rotatable bonds is 8. The molecule has 1 atom stereocenters. The van der Waals surface area contributed by atoms with Crippen LogP contribution in [0.4, 0.5) is 5.82 Å². The quantitative estimate of drug-likeness (QED) is 0.713. The molecule has 2 heterocycles. The lowest BCUT2D eigenvalue weighted by Gasteiger charge is -2.23. The fourth-order valence-electron chi connectivity index (χ4n) is 3.55. The summed E-state index contributed by atoms with van der Waals surface area (Å²) in [5.74, 6) is 2.91. The topological polar surface area (TPSA) is 79.4 Å². The van der Waals surface area contributed by atoms with Gasteiger partial charge in [-0.1, -0.05) is 12.1 Å². The van der Waals surface area contributed by atoms with Gasteiger partial charge in [0.2, 0.25) is 5.91 Å². The van der Waals surface area contributed by atoms with Crippen LogP contribution in [0.3, 0.4) is 0 Å². The number of ether oxygens (including phenoxy) is 1. The molecule has 0 bridgehead atoms. The van der Waals surface area contributed by atoms with E-state index in [4.69, 9.17) is 9.72 Å². The molecule has 1 aromatic heterocycles. The first-order chi connectivity index (χ1) is 14.1. The number of benzene rings is 1. The van der Waals surface area contributed by atoms with Gasteiger partial charge >= 0.3 is 0 Å². The summed E-state index contributed by atoms with van der Waals surface area (Å²) in [4.78, 5) is 23.8. The van der Waals surface area contributed by atoms with E-state index in [1.54, 1.807) is 12.0 Å². The third-order valence-electron chi connectivity index (χ3n) is 5.33. The molecule has 1 saturated heterocycles. The Labute approximate surface area is 172 Å². The van der Waals surface area contributed by atoms with Gasteiger partial charge in [-0.15, -0.1) is 0 Å². The Hall–Kier alpha value is -2.67. The van der Waals surface area contributed by atoms with Crippen LogP contribution in [0, 0.1) is 0 Å². The van der Waals surface area contributed by atoms with Crippen molar-refractivity contribution in [3.05, 3.63) is 47.4 Å². The third-order valence-corrected chi connectivity index (χ3v) is 5.33. The molecule has 1 aliphatic rings. The summed E-state index contributed by atoms with van der Waals surface area (Å²) in [5, 5.41) is 6.54. The first-order valence-electron chi connectivity index (χ1n) is 10.2. The molecule has 1 aliphatic heterocycles. The molecular weight excluding hydrogens is 366 g/mol. The highest BCUT2D eigenvalue weighted by Gasteiger charge is 2.20. The molecule has 2 aromatic rings. The molecular formula is C22H31N5O2. The number of hydrogen-bond acceptors (Lipinski definition) is 6. The summed E-state index contributed by atoms with van der Waals surface area (Å²) in [5.41, 5.74) is 1.99. The predicted octanol–water partition coefficient (Wildman–Crippen LogP) is 2.59. The Morgan fingerprint density at radius 1 is 1.31 bits per heavy atom. The summed E-state index contributed by atoms with van der Waals surface area (Å²) in [7, 11) is 5.34. The molecule has 1 aromatic carbocycles. The van der Waals surface area contributed by atoms with Gasteiger partial charge < -0.3 is 20.3 Å². The Morgan fingerprint density at radius 2 is 2.10 bits per heavy atom. The Bertz CT molecular complexity index is 803. The first-order valence-corrected chi connectivity index (χ1v) is 10.2. The zero-order chi connectivity index (χ0) is 20.6. The number of hydrogen-bond donors (Lipinski definition) is 2. The third kappa shape index (κ3) is 5.90. The Balaban J connectivity index is 1.60. The lowest BCUT2D eigenvalue weighted by atomic mass is 9.99. The number of aromatic nitrogens is 2. The van der Waals surface area contributed by atoms with Crippen LogP contribution >= 0.6 is 0 Å². The van der Waals surface area contributed by atoms with E-state index >= 15 is 0 Å². The normalized spacial score (nSPS) is 16.3. The molecule has 0 aliphatic carbocycles. The zero-order valence-corrected chi connectivity index (χ0v) is 17.6. The van der Waals surface area contributed by atoms with Gasteiger partial charge in [-0.2, -0.15) is 0 Å². The number of nitrogens with one attached hydrogen (secondary N) is 2. The van der Waals surface area contributed by atoms with E-state index in [0.29, 0.717) is 25.3 Å². The van der Waals surface area contributed by atoms with E-state index in [9.17, 15) is 4.79 Å². The van der Waals surface area contributed by atoms with Crippen LogP contribution in [-0.2, 0) is 17.8 Å². The molecule has 0 spiro atoms.